The van der Waals surface area contributed by atoms with E-state index in [2.05, 4.69) is 0 Å². The Kier molecular flexibility index (Phi) is 12.4. The number of piperidine rings is 1. The molecule has 1 heterocycles. The molecule has 0 aromatic heterocycles. The number of rotatable bonds is 11. The zero-order chi connectivity index (χ0) is 30.9. The van der Waals surface area contributed by atoms with E-state index in [4.69, 9.17) is 28.4 Å². The van der Waals surface area contributed by atoms with Crippen molar-refractivity contribution in [3.8, 4) is 5.75 Å². The standard InChI is InChI=1S/C32H50FNO8/c1-8-37-21-40-26-13-10-18-34(30(36)42-32(5,6)7)25(26)19-38-23-16-14-22(15-17-23)29-24(33)11-9-12-27(29)39-20-28(35)41-31(2,3)4/h9,11-12,22-23,25-26H,8,10,13-21H2,1-7H3/t22?,23?,25-,26-/m0/s1. The van der Waals surface area contributed by atoms with Crippen LogP contribution in [0.15, 0.2) is 18.2 Å². The molecule has 1 saturated heterocycles. The first-order chi connectivity index (χ1) is 19.8. The van der Waals surface area contributed by atoms with Gasteiger partial charge in [-0.15, -0.1) is 0 Å². The molecular formula is C32H50FNO8. The average Bonchev–Trinajstić information content (AvgIpc) is 2.89. The molecule has 0 spiro atoms. The fraction of sp³-hybridized carbons (Fsp3) is 0.750. The highest BCUT2D eigenvalue weighted by Gasteiger charge is 2.38. The number of hydrogen-bond donors (Lipinski definition) is 0. The van der Waals surface area contributed by atoms with Crippen molar-refractivity contribution in [2.24, 2.45) is 0 Å². The van der Waals surface area contributed by atoms with Crippen LogP contribution >= 0.6 is 0 Å². The van der Waals surface area contributed by atoms with Gasteiger partial charge in [0.05, 0.1) is 24.9 Å². The summed E-state index contributed by atoms with van der Waals surface area (Å²) in [6.07, 6.45) is 3.85. The fourth-order valence-electron chi connectivity index (χ4n) is 5.48. The summed E-state index contributed by atoms with van der Waals surface area (Å²) in [5.41, 5.74) is -0.741. The van der Waals surface area contributed by atoms with Crippen molar-refractivity contribution in [2.75, 3.05) is 33.2 Å². The van der Waals surface area contributed by atoms with Gasteiger partial charge in [0.2, 0.25) is 0 Å². The second-order valence-corrected chi connectivity index (χ2v) is 13.0. The zero-order valence-corrected chi connectivity index (χ0v) is 26.4. The van der Waals surface area contributed by atoms with Crippen LogP contribution in [-0.2, 0) is 28.5 Å². The number of halogens is 1. The highest BCUT2D eigenvalue weighted by atomic mass is 19.1. The van der Waals surface area contributed by atoms with Crippen LogP contribution in [0.5, 0.6) is 5.75 Å². The Morgan fingerprint density at radius 3 is 2.29 bits per heavy atom. The van der Waals surface area contributed by atoms with E-state index in [1.807, 2.05) is 27.7 Å². The van der Waals surface area contributed by atoms with Crippen molar-refractivity contribution < 1.29 is 42.4 Å². The van der Waals surface area contributed by atoms with Gasteiger partial charge in [0.15, 0.2) is 6.61 Å². The number of nitrogens with zero attached hydrogens (tertiary/aromatic N) is 1. The van der Waals surface area contributed by atoms with Crippen molar-refractivity contribution in [3.63, 3.8) is 0 Å². The maximum absolute atomic E-state index is 15.0. The SMILES string of the molecule is CCOCO[C@H]1CCCN(C(=O)OC(C)(C)C)[C@H]1COC1CCC(c2c(F)cccc2OCC(=O)OC(C)(C)C)CC1. The lowest BCUT2D eigenvalue weighted by Crippen LogP contribution is -2.55. The molecule has 1 amide bonds. The minimum absolute atomic E-state index is 0.0332. The third-order valence-electron chi connectivity index (χ3n) is 7.28. The number of hydrogen-bond acceptors (Lipinski definition) is 8. The van der Waals surface area contributed by atoms with Crippen molar-refractivity contribution in [3.05, 3.63) is 29.6 Å². The van der Waals surface area contributed by atoms with Crippen molar-refractivity contribution >= 4 is 12.1 Å². The number of carbonyl (C=O) groups excluding carboxylic acids is 2. The third kappa shape index (κ3) is 10.7. The molecule has 9 nitrogen and oxygen atoms in total. The molecule has 0 radical (unpaired) electrons. The Morgan fingerprint density at radius 2 is 1.64 bits per heavy atom. The van der Waals surface area contributed by atoms with Crippen LogP contribution in [-0.4, -0.2) is 79.6 Å². The first-order valence-electron chi connectivity index (χ1n) is 15.2. The molecule has 2 atom stereocenters. The molecule has 0 unspecified atom stereocenters. The van der Waals surface area contributed by atoms with E-state index in [9.17, 15) is 9.59 Å². The molecule has 10 heteroatoms. The Bertz CT molecular complexity index is 1010. The van der Waals surface area contributed by atoms with Crippen LogP contribution in [0.25, 0.3) is 0 Å². The molecule has 1 aliphatic carbocycles. The first kappa shape index (κ1) is 34.1. The van der Waals surface area contributed by atoms with Crippen molar-refractivity contribution in [1.29, 1.82) is 0 Å². The lowest BCUT2D eigenvalue weighted by Gasteiger charge is -2.42. The Labute approximate surface area is 250 Å². The summed E-state index contributed by atoms with van der Waals surface area (Å²) >= 11 is 0. The Morgan fingerprint density at radius 1 is 0.952 bits per heavy atom. The molecule has 1 aromatic rings. The lowest BCUT2D eigenvalue weighted by molar-refractivity contribution is -0.157. The summed E-state index contributed by atoms with van der Waals surface area (Å²) in [4.78, 5) is 27.0. The molecule has 2 fully saturated rings. The van der Waals surface area contributed by atoms with E-state index in [-0.39, 0.29) is 49.5 Å². The van der Waals surface area contributed by atoms with Gasteiger partial charge in [0.1, 0.15) is 29.6 Å². The quantitative estimate of drug-likeness (QED) is 0.166. The van der Waals surface area contributed by atoms with E-state index in [1.54, 1.807) is 37.8 Å². The van der Waals surface area contributed by atoms with Gasteiger partial charge in [-0.05, 0) is 105 Å². The normalized spacial score (nSPS) is 23.4. The monoisotopic (exact) mass is 595 g/mol. The minimum Gasteiger partial charge on any atom is -0.482 e. The van der Waals surface area contributed by atoms with Crippen LogP contribution in [0.1, 0.15) is 98.5 Å². The maximum Gasteiger partial charge on any atom is 0.410 e. The van der Waals surface area contributed by atoms with Gasteiger partial charge < -0.3 is 33.3 Å². The van der Waals surface area contributed by atoms with Gasteiger partial charge in [-0.25, -0.2) is 14.0 Å². The van der Waals surface area contributed by atoms with Gasteiger partial charge in [-0.2, -0.15) is 0 Å². The minimum atomic E-state index is -0.624. The van der Waals surface area contributed by atoms with E-state index in [0.29, 0.717) is 43.9 Å². The largest absolute Gasteiger partial charge is 0.482 e. The first-order valence-corrected chi connectivity index (χ1v) is 15.2. The molecule has 3 rings (SSSR count). The van der Waals surface area contributed by atoms with E-state index in [0.717, 1.165) is 25.7 Å². The summed E-state index contributed by atoms with van der Waals surface area (Å²) in [5.74, 6) is -0.531. The van der Waals surface area contributed by atoms with Gasteiger partial charge >= 0.3 is 12.1 Å². The molecule has 42 heavy (non-hydrogen) atoms. The summed E-state index contributed by atoms with van der Waals surface area (Å²) < 4.78 is 49.6. The number of esters is 1. The molecule has 0 bridgehead atoms. The number of ether oxygens (including phenoxy) is 6. The predicted octanol–water partition coefficient (Wildman–Crippen LogP) is 6.37. The smallest absolute Gasteiger partial charge is 0.410 e. The molecule has 0 N–H and O–H groups in total. The molecular weight excluding hydrogens is 545 g/mol. The zero-order valence-electron chi connectivity index (χ0n) is 26.4. The lowest BCUT2D eigenvalue weighted by atomic mass is 9.82. The van der Waals surface area contributed by atoms with Gasteiger partial charge in [-0.1, -0.05) is 6.07 Å². The predicted molar refractivity (Wildman–Crippen MR) is 156 cm³/mol. The number of amides is 1. The second kappa shape index (κ2) is 15.3. The highest BCUT2D eigenvalue weighted by Crippen LogP contribution is 2.40. The van der Waals surface area contributed by atoms with Gasteiger partial charge in [0, 0.05) is 18.7 Å². The Hall–Kier alpha value is -2.43. The number of carbonyl (C=O) groups is 2. The summed E-state index contributed by atoms with van der Waals surface area (Å²) in [5, 5.41) is 0. The maximum atomic E-state index is 15.0. The van der Waals surface area contributed by atoms with Gasteiger partial charge in [0.25, 0.3) is 0 Å². The van der Waals surface area contributed by atoms with Crippen LogP contribution in [0.2, 0.25) is 0 Å². The van der Waals surface area contributed by atoms with E-state index in [1.165, 1.54) is 6.07 Å². The summed E-state index contributed by atoms with van der Waals surface area (Å²) in [6, 6.07) is 4.41. The molecule has 1 aromatic carbocycles. The highest BCUT2D eigenvalue weighted by molar-refractivity contribution is 5.71. The van der Waals surface area contributed by atoms with E-state index < -0.39 is 17.2 Å². The van der Waals surface area contributed by atoms with Crippen molar-refractivity contribution in [2.45, 2.75) is 122 Å². The molecule has 2 aliphatic rings. The van der Waals surface area contributed by atoms with Crippen LogP contribution < -0.4 is 4.74 Å². The van der Waals surface area contributed by atoms with Crippen LogP contribution in [0.3, 0.4) is 0 Å². The second-order valence-electron chi connectivity index (χ2n) is 13.0. The van der Waals surface area contributed by atoms with Gasteiger partial charge in [-0.3, -0.25) is 0 Å². The summed E-state index contributed by atoms with van der Waals surface area (Å²) in [6.45, 7) is 14.1. The Balaban J connectivity index is 1.61. The third-order valence-corrected chi connectivity index (χ3v) is 7.28. The number of likely N-dealkylation sites (tertiary alicyclic amines) is 1. The van der Waals surface area contributed by atoms with Crippen LogP contribution in [0, 0.1) is 5.82 Å². The number of benzene rings is 1. The average molecular weight is 596 g/mol. The molecule has 238 valence electrons. The molecule has 1 saturated carbocycles. The fourth-order valence-corrected chi connectivity index (χ4v) is 5.48. The van der Waals surface area contributed by atoms with Crippen LogP contribution in [0.4, 0.5) is 9.18 Å². The van der Waals surface area contributed by atoms with Crippen molar-refractivity contribution in [1.82, 2.24) is 4.90 Å². The topological polar surface area (TPSA) is 92.8 Å². The van der Waals surface area contributed by atoms with E-state index >= 15 is 4.39 Å². The molecule has 1 aliphatic heterocycles. The summed E-state index contributed by atoms with van der Waals surface area (Å²) in [7, 11) is 0.